The molecule has 0 spiro atoms. The molecule has 0 aromatic rings. The lowest BCUT2D eigenvalue weighted by Gasteiger charge is -2.07. The van der Waals surface area contributed by atoms with E-state index >= 15 is 0 Å². The highest BCUT2D eigenvalue weighted by atomic mass is 16.3. The Morgan fingerprint density at radius 2 is 2.00 bits per heavy atom. The molecule has 0 bridgehead atoms. The van der Waals surface area contributed by atoms with Gasteiger partial charge in [0.15, 0.2) is 0 Å². The molecule has 3 heteroatoms. The van der Waals surface area contributed by atoms with Crippen molar-refractivity contribution >= 4 is 6.29 Å². The summed E-state index contributed by atoms with van der Waals surface area (Å²) in [6.45, 7) is 1.66. The highest BCUT2D eigenvalue weighted by Gasteiger charge is 2.04. The van der Waals surface area contributed by atoms with Crippen molar-refractivity contribution in [3.8, 4) is 0 Å². The van der Waals surface area contributed by atoms with E-state index in [1.807, 2.05) is 0 Å². The standard InChI is InChI=1S/C7H14O3/c1-6(9)2-3-7(10)4-5-8/h5-7,9-10H,2-4H2,1H3. The maximum Gasteiger partial charge on any atom is 0.122 e. The summed E-state index contributed by atoms with van der Waals surface area (Å²) in [5.74, 6) is 0. The summed E-state index contributed by atoms with van der Waals surface area (Å²) in [6, 6.07) is 0. The van der Waals surface area contributed by atoms with E-state index in [1.54, 1.807) is 6.92 Å². The van der Waals surface area contributed by atoms with E-state index in [1.165, 1.54) is 0 Å². The minimum absolute atomic E-state index is 0.173. The average Bonchev–Trinajstić information content (AvgIpc) is 1.85. The van der Waals surface area contributed by atoms with Gasteiger partial charge in [0.25, 0.3) is 0 Å². The van der Waals surface area contributed by atoms with Gasteiger partial charge in [0.05, 0.1) is 12.2 Å². The number of aliphatic hydroxyl groups is 2. The van der Waals surface area contributed by atoms with Crippen LogP contribution in [-0.4, -0.2) is 28.7 Å². The van der Waals surface area contributed by atoms with Crippen molar-refractivity contribution in [3.05, 3.63) is 0 Å². The summed E-state index contributed by atoms with van der Waals surface area (Å²) < 4.78 is 0. The van der Waals surface area contributed by atoms with Crippen LogP contribution in [0.5, 0.6) is 0 Å². The molecule has 3 nitrogen and oxygen atoms in total. The molecule has 60 valence electrons. The Hall–Kier alpha value is -0.410. The maximum atomic E-state index is 9.84. The summed E-state index contributed by atoms with van der Waals surface area (Å²) in [4.78, 5) is 9.84. The Bertz CT molecular complexity index is 90.9. The van der Waals surface area contributed by atoms with E-state index in [0.29, 0.717) is 19.1 Å². The van der Waals surface area contributed by atoms with Gasteiger partial charge in [0, 0.05) is 6.42 Å². The molecule has 0 heterocycles. The molecular weight excluding hydrogens is 132 g/mol. The van der Waals surface area contributed by atoms with Gasteiger partial charge in [0.1, 0.15) is 6.29 Å². The fourth-order valence-corrected chi connectivity index (χ4v) is 0.663. The van der Waals surface area contributed by atoms with Gasteiger partial charge in [-0.1, -0.05) is 0 Å². The smallest absolute Gasteiger partial charge is 0.122 e. The number of aldehydes is 1. The van der Waals surface area contributed by atoms with Crippen LogP contribution in [0.2, 0.25) is 0 Å². The summed E-state index contributed by atoms with van der Waals surface area (Å²) in [5.41, 5.74) is 0. The number of carbonyl (C=O) groups excluding carboxylic acids is 1. The lowest BCUT2D eigenvalue weighted by atomic mass is 10.1. The van der Waals surface area contributed by atoms with E-state index in [0.717, 1.165) is 0 Å². The highest BCUT2D eigenvalue weighted by molar-refractivity contribution is 5.49. The summed E-state index contributed by atoms with van der Waals surface area (Å²) >= 11 is 0. The predicted molar refractivity (Wildman–Crippen MR) is 37.6 cm³/mol. The second kappa shape index (κ2) is 5.38. The van der Waals surface area contributed by atoms with Crippen molar-refractivity contribution in [2.24, 2.45) is 0 Å². The number of hydrogen-bond donors (Lipinski definition) is 2. The minimum Gasteiger partial charge on any atom is -0.393 e. The zero-order valence-corrected chi connectivity index (χ0v) is 6.16. The van der Waals surface area contributed by atoms with Crippen LogP contribution < -0.4 is 0 Å². The van der Waals surface area contributed by atoms with Crippen LogP contribution in [0.4, 0.5) is 0 Å². The van der Waals surface area contributed by atoms with Gasteiger partial charge >= 0.3 is 0 Å². The monoisotopic (exact) mass is 146 g/mol. The zero-order valence-electron chi connectivity index (χ0n) is 6.16. The molecule has 2 N–H and O–H groups in total. The van der Waals surface area contributed by atoms with Crippen molar-refractivity contribution in [1.82, 2.24) is 0 Å². The molecule has 0 saturated heterocycles. The number of aliphatic hydroxyl groups excluding tert-OH is 2. The molecule has 2 atom stereocenters. The molecule has 0 aliphatic heterocycles. The van der Waals surface area contributed by atoms with E-state index in [2.05, 4.69) is 0 Å². The van der Waals surface area contributed by atoms with Crippen molar-refractivity contribution < 1.29 is 15.0 Å². The number of hydrogen-bond acceptors (Lipinski definition) is 3. The van der Waals surface area contributed by atoms with Gasteiger partial charge in [-0.05, 0) is 19.8 Å². The summed E-state index contributed by atoms with van der Waals surface area (Å²) in [5, 5.41) is 17.7. The summed E-state index contributed by atoms with van der Waals surface area (Å²) in [7, 11) is 0. The van der Waals surface area contributed by atoms with Gasteiger partial charge in [0.2, 0.25) is 0 Å². The first-order valence-corrected chi connectivity index (χ1v) is 3.46. The van der Waals surface area contributed by atoms with Crippen LogP contribution in [-0.2, 0) is 4.79 Å². The van der Waals surface area contributed by atoms with Crippen molar-refractivity contribution in [3.63, 3.8) is 0 Å². The van der Waals surface area contributed by atoms with Crippen LogP contribution in [0.15, 0.2) is 0 Å². The van der Waals surface area contributed by atoms with E-state index < -0.39 is 6.10 Å². The van der Waals surface area contributed by atoms with Crippen LogP contribution in [0.25, 0.3) is 0 Å². The fraction of sp³-hybridized carbons (Fsp3) is 0.857. The first kappa shape index (κ1) is 9.59. The minimum atomic E-state index is -0.577. The van der Waals surface area contributed by atoms with Crippen molar-refractivity contribution in [2.75, 3.05) is 0 Å². The Kier molecular flexibility index (Phi) is 5.16. The third kappa shape index (κ3) is 5.72. The van der Waals surface area contributed by atoms with E-state index in [4.69, 9.17) is 10.2 Å². The molecule has 0 saturated carbocycles. The van der Waals surface area contributed by atoms with E-state index in [-0.39, 0.29) is 12.5 Å². The Morgan fingerprint density at radius 1 is 1.40 bits per heavy atom. The molecule has 0 amide bonds. The predicted octanol–water partition coefficient (Wildman–Crippen LogP) is 0.0973. The third-order valence-electron chi connectivity index (χ3n) is 1.29. The fourth-order valence-electron chi connectivity index (χ4n) is 0.663. The topological polar surface area (TPSA) is 57.5 Å². The first-order chi connectivity index (χ1) is 4.66. The molecule has 0 aliphatic rings. The van der Waals surface area contributed by atoms with Crippen LogP contribution in [0, 0.1) is 0 Å². The molecular formula is C7H14O3. The summed E-state index contributed by atoms with van der Waals surface area (Å²) in [6.07, 6.45) is 0.943. The van der Waals surface area contributed by atoms with Crippen LogP contribution >= 0.6 is 0 Å². The number of rotatable bonds is 5. The van der Waals surface area contributed by atoms with Gasteiger partial charge in [-0.25, -0.2) is 0 Å². The zero-order chi connectivity index (χ0) is 7.98. The second-order valence-corrected chi connectivity index (χ2v) is 2.48. The second-order valence-electron chi connectivity index (χ2n) is 2.48. The molecule has 0 aliphatic carbocycles. The lowest BCUT2D eigenvalue weighted by Crippen LogP contribution is -2.10. The van der Waals surface area contributed by atoms with Crippen LogP contribution in [0.1, 0.15) is 26.2 Å². The van der Waals surface area contributed by atoms with Crippen molar-refractivity contribution in [1.29, 1.82) is 0 Å². The molecule has 0 aromatic heterocycles. The lowest BCUT2D eigenvalue weighted by molar-refractivity contribution is -0.109. The molecule has 0 aromatic carbocycles. The maximum absolute atomic E-state index is 9.84. The molecule has 0 radical (unpaired) electrons. The SMILES string of the molecule is CC(O)CCC(O)CC=O. The highest BCUT2D eigenvalue weighted by Crippen LogP contribution is 2.02. The van der Waals surface area contributed by atoms with Crippen molar-refractivity contribution in [2.45, 2.75) is 38.4 Å². The van der Waals surface area contributed by atoms with Gasteiger partial charge < -0.3 is 15.0 Å². The van der Waals surface area contributed by atoms with Gasteiger partial charge in [-0.15, -0.1) is 0 Å². The molecule has 2 unspecified atom stereocenters. The quantitative estimate of drug-likeness (QED) is 0.541. The van der Waals surface area contributed by atoms with E-state index in [9.17, 15) is 4.79 Å². The largest absolute Gasteiger partial charge is 0.393 e. The molecule has 0 rings (SSSR count). The van der Waals surface area contributed by atoms with Crippen LogP contribution in [0.3, 0.4) is 0 Å². The third-order valence-corrected chi connectivity index (χ3v) is 1.29. The average molecular weight is 146 g/mol. The van der Waals surface area contributed by atoms with Gasteiger partial charge in [-0.3, -0.25) is 0 Å². The Morgan fingerprint density at radius 3 is 2.40 bits per heavy atom. The Balaban J connectivity index is 3.20. The molecule has 10 heavy (non-hydrogen) atoms. The Labute approximate surface area is 60.7 Å². The molecule has 0 fully saturated rings. The number of carbonyl (C=O) groups is 1. The normalized spacial score (nSPS) is 16.3. The first-order valence-electron chi connectivity index (χ1n) is 3.46. The van der Waals surface area contributed by atoms with Gasteiger partial charge in [-0.2, -0.15) is 0 Å².